The Morgan fingerprint density at radius 1 is 1.26 bits per heavy atom. The van der Waals surface area contributed by atoms with Gasteiger partial charge in [-0.1, -0.05) is 25.6 Å². The molecular formula is C14H21N3S2. The summed E-state index contributed by atoms with van der Waals surface area (Å²) in [5.41, 5.74) is 3.57. The fourth-order valence-corrected chi connectivity index (χ4v) is 3.64. The lowest BCUT2D eigenvalue weighted by atomic mass is 10.2. The molecule has 0 spiro atoms. The molecular weight excluding hydrogens is 274 g/mol. The van der Waals surface area contributed by atoms with Crippen molar-refractivity contribution in [3.63, 3.8) is 0 Å². The van der Waals surface area contributed by atoms with Crippen LogP contribution in [-0.4, -0.2) is 14.5 Å². The van der Waals surface area contributed by atoms with Crippen LogP contribution in [0.5, 0.6) is 0 Å². The molecule has 0 N–H and O–H groups in total. The van der Waals surface area contributed by atoms with E-state index in [9.17, 15) is 0 Å². The minimum atomic E-state index is 0.633. The molecule has 0 unspecified atom stereocenters. The first-order valence-electron chi connectivity index (χ1n) is 6.55. The van der Waals surface area contributed by atoms with Gasteiger partial charge in [-0.3, -0.25) is 0 Å². The predicted molar refractivity (Wildman–Crippen MR) is 83.0 cm³/mol. The van der Waals surface area contributed by atoms with Crippen LogP contribution in [0.2, 0.25) is 0 Å². The normalized spacial score (nSPS) is 11.5. The Bertz CT molecular complexity index is 555. The van der Waals surface area contributed by atoms with Gasteiger partial charge in [-0.15, -0.1) is 11.3 Å². The molecule has 0 fully saturated rings. The minimum Gasteiger partial charge on any atom is -0.323 e. The van der Waals surface area contributed by atoms with Gasteiger partial charge in [0.05, 0.1) is 16.4 Å². The molecule has 0 aromatic carbocycles. The lowest BCUT2D eigenvalue weighted by Gasteiger charge is -2.11. The summed E-state index contributed by atoms with van der Waals surface area (Å²) in [6.07, 6.45) is 0. The number of hydrogen-bond donors (Lipinski definition) is 0. The second-order valence-electron chi connectivity index (χ2n) is 5.22. The summed E-state index contributed by atoms with van der Waals surface area (Å²) < 4.78 is 2.34. The third kappa shape index (κ3) is 3.60. The molecule has 3 nitrogen and oxygen atoms in total. The molecule has 19 heavy (non-hydrogen) atoms. The molecule has 5 heteroatoms. The molecule has 2 rings (SSSR count). The molecule has 0 saturated carbocycles. The first-order chi connectivity index (χ1) is 8.97. The quantitative estimate of drug-likeness (QED) is 0.774. The van der Waals surface area contributed by atoms with Gasteiger partial charge in [0, 0.05) is 23.4 Å². The van der Waals surface area contributed by atoms with E-state index in [1.165, 1.54) is 5.69 Å². The van der Waals surface area contributed by atoms with Gasteiger partial charge in [0.1, 0.15) is 0 Å². The van der Waals surface area contributed by atoms with Crippen molar-refractivity contribution in [3.8, 4) is 0 Å². The molecule has 2 heterocycles. The molecule has 0 radical (unpaired) electrons. The zero-order chi connectivity index (χ0) is 14.0. The van der Waals surface area contributed by atoms with Crippen molar-refractivity contribution in [1.29, 1.82) is 0 Å². The van der Waals surface area contributed by atoms with Crippen LogP contribution in [0.3, 0.4) is 0 Å². The van der Waals surface area contributed by atoms with E-state index in [1.807, 2.05) is 6.92 Å². The van der Waals surface area contributed by atoms with Crippen LogP contribution >= 0.6 is 23.1 Å². The number of thioether (sulfide) groups is 1. The average Bonchev–Trinajstić information content (AvgIpc) is 2.85. The molecule has 0 saturated heterocycles. The summed E-state index contributed by atoms with van der Waals surface area (Å²) in [6, 6.07) is 0. The number of nitrogens with zero attached hydrogens (tertiary/aromatic N) is 3. The van der Waals surface area contributed by atoms with E-state index in [0.29, 0.717) is 5.92 Å². The maximum absolute atomic E-state index is 4.69. The molecule has 104 valence electrons. The highest BCUT2D eigenvalue weighted by molar-refractivity contribution is 7.98. The lowest BCUT2D eigenvalue weighted by molar-refractivity contribution is 0.486. The fourth-order valence-electron chi connectivity index (χ4n) is 1.93. The highest BCUT2D eigenvalue weighted by atomic mass is 32.2. The standard InChI is InChI=1S/C14H21N3S2/c1-9(2)6-17-11(4)10(3)15-14(17)19-8-13-7-18-12(5)16-13/h7,9H,6,8H2,1-5H3. The van der Waals surface area contributed by atoms with Gasteiger partial charge in [0.25, 0.3) is 0 Å². The van der Waals surface area contributed by atoms with Crippen LogP contribution in [0, 0.1) is 26.7 Å². The van der Waals surface area contributed by atoms with Gasteiger partial charge in [-0.25, -0.2) is 9.97 Å². The number of thiazole rings is 1. The fraction of sp³-hybridized carbons (Fsp3) is 0.571. The van der Waals surface area contributed by atoms with E-state index in [0.717, 1.165) is 33.8 Å². The van der Waals surface area contributed by atoms with E-state index in [2.05, 4.69) is 47.6 Å². The van der Waals surface area contributed by atoms with Gasteiger partial charge < -0.3 is 4.57 Å². The van der Waals surface area contributed by atoms with E-state index in [1.54, 1.807) is 23.1 Å². The highest BCUT2D eigenvalue weighted by Crippen LogP contribution is 2.26. The molecule has 0 amide bonds. The number of aryl methyl sites for hydroxylation is 2. The Morgan fingerprint density at radius 3 is 2.58 bits per heavy atom. The smallest absolute Gasteiger partial charge is 0.168 e. The van der Waals surface area contributed by atoms with E-state index < -0.39 is 0 Å². The van der Waals surface area contributed by atoms with Gasteiger partial charge >= 0.3 is 0 Å². The van der Waals surface area contributed by atoms with E-state index >= 15 is 0 Å². The third-order valence-corrected chi connectivity index (χ3v) is 4.82. The number of imidazole rings is 1. The zero-order valence-electron chi connectivity index (χ0n) is 12.2. The average molecular weight is 295 g/mol. The van der Waals surface area contributed by atoms with Crippen LogP contribution in [0.4, 0.5) is 0 Å². The predicted octanol–water partition coefficient (Wildman–Crippen LogP) is 4.21. The SMILES string of the molecule is Cc1nc(CSc2nc(C)c(C)n2CC(C)C)cs1. The molecule has 0 aliphatic rings. The maximum atomic E-state index is 4.69. The van der Waals surface area contributed by atoms with Crippen molar-refractivity contribution in [2.45, 2.75) is 52.1 Å². The Labute approximate surface area is 123 Å². The van der Waals surface area contributed by atoms with Gasteiger partial charge in [-0.05, 0) is 26.7 Å². The van der Waals surface area contributed by atoms with Gasteiger partial charge in [0.2, 0.25) is 0 Å². The summed E-state index contributed by atoms with van der Waals surface area (Å²) in [7, 11) is 0. The molecule has 0 bridgehead atoms. The topological polar surface area (TPSA) is 30.7 Å². The van der Waals surface area contributed by atoms with Crippen molar-refractivity contribution in [2.24, 2.45) is 5.92 Å². The molecule has 0 atom stereocenters. The van der Waals surface area contributed by atoms with Gasteiger partial charge in [0.15, 0.2) is 5.16 Å². The van der Waals surface area contributed by atoms with Crippen LogP contribution in [0.1, 0.15) is 35.9 Å². The molecule has 0 aliphatic carbocycles. The zero-order valence-corrected chi connectivity index (χ0v) is 13.9. The largest absolute Gasteiger partial charge is 0.323 e. The Balaban J connectivity index is 2.13. The van der Waals surface area contributed by atoms with Crippen molar-refractivity contribution in [1.82, 2.24) is 14.5 Å². The van der Waals surface area contributed by atoms with Crippen molar-refractivity contribution < 1.29 is 0 Å². The number of hydrogen-bond acceptors (Lipinski definition) is 4. The van der Waals surface area contributed by atoms with Crippen molar-refractivity contribution in [3.05, 3.63) is 27.5 Å². The monoisotopic (exact) mass is 295 g/mol. The van der Waals surface area contributed by atoms with Crippen LogP contribution in [0.15, 0.2) is 10.5 Å². The number of aromatic nitrogens is 3. The van der Waals surface area contributed by atoms with Crippen molar-refractivity contribution >= 4 is 23.1 Å². The van der Waals surface area contributed by atoms with Crippen LogP contribution < -0.4 is 0 Å². The Kier molecular flexibility index (Phi) is 4.68. The Morgan fingerprint density at radius 2 is 2.00 bits per heavy atom. The second-order valence-corrected chi connectivity index (χ2v) is 7.22. The van der Waals surface area contributed by atoms with Crippen LogP contribution in [-0.2, 0) is 12.3 Å². The number of rotatable bonds is 5. The Hall–Kier alpha value is -0.810. The summed E-state index contributed by atoms with van der Waals surface area (Å²) >= 11 is 3.50. The second kappa shape index (κ2) is 6.09. The molecule has 2 aromatic rings. The first kappa shape index (κ1) is 14.6. The highest BCUT2D eigenvalue weighted by Gasteiger charge is 2.13. The van der Waals surface area contributed by atoms with E-state index in [4.69, 9.17) is 0 Å². The summed E-state index contributed by atoms with van der Waals surface area (Å²) in [5, 5.41) is 4.39. The third-order valence-electron chi connectivity index (χ3n) is 2.99. The van der Waals surface area contributed by atoms with Gasteiger partial charge in [-0.2, -0.15) is 0 Å². The molecule has 2 aromatic heterocycles. The lowest BCUT2D eigenvalue weighted by Crippen LogP contribution is -2.07. The van der Waals surface area contributed by atoms with E-state index in [-0.39, 0.29) is 0 Å². The molecule has 0 aliphatic heterocycles. The summed E-state index contributed by atoms with van der Waals surface area (Å²) in [6.45, 7) is 11.8. The summed E-state index contributed by atoms with van der Waals surface area (Å²) in [4.78, 5) is 9.19. The minimum absolute atomic E-state index is 0.633. The van der Waals surface area contributed by atoms with Crippen molar-refractivity contribution in [2.75, 3.05) is 0 Å². The summed E-state index contributed by atoms with van der Waals surface area (Å²) in [5.74, 6) is 1.53. The maximum Gasteiger partial charge on any atom is 0.168 e. The van der Waals surface area contributed by atoms with Crippen LogP contribution in [0.25, 0.3) is 0 Å². The first-order valence-corrected chi connectivity index (χ1v) is 8.41.